The maximum atomic E-state index is 2.48. The first-order valence-corrected chi connectivity index (χ1v) is 15.3. The first-order chi connectivity index (χ1) is 21.6. The molecule has 6 aromatic rings. The molecule has 0 aromatic heterocycles. The van der Waals surface area contributed by atoms with Crippen LogP contribution in [0.2, 0.25) is 0 Å². The van der Waals surface area contributed by atoms with Gasteiger partial charge in [0.25, 0.3) is 0 Å². The van der Waals surface area contributed by atoms with Gasteiger partial charge in [-0.25, -0.2) is 0 Å². The van der Waals surface area contributed by atoms with Crippen molar-refractivity contribution in [2.45, 2.75) is 18.9 Å². The van der Waals surface area contributed by atoms with E-state index in [2.05, 4.69) is 194 Å². The summed E-state index contributed by atoms with van der Waals surface area (Å²) in [6, 6.07) is 52.5. The fourth-order valence-electron chi connectivity index (χ4n) is 6.29. The highest BCUT2D eigenvalue weighted by molar-refractivity contribution is 5.87. The number of benzene rings is 6. The van der Waals surface area contributed by atoms with Crippen LogP contribution in [0.4, 0.5) is 22.7 Å². The lowest BCUT2D eigenvalue weighted by Gasteiger charge is -2.42. The summed E-state index contributed by atoms with van der Waals surface area (Å²) in [5, 5.41) is 2.51. The van der Waals surface area contributed by atoms with Crippen LogP contribution >= 0.6 is 0 Å². The third-order valence-corrected chi connectivity index (χ3v) is 8.79. The Morgan fingerprint density at radius 2 is 1.09 bits per heavy atom. The van der Waals surface area contributed by atoms with Gasteiger partial charge < -0.3 is 9.80 Å². The standard InChI is InChI=1S/C42H36N2/c1-42(28-9-4-10-29-42)44(41-17-11-16-37(31-41)32-12-5-3-6-13-32)39-25-20-35(21-26-39)34-18-23-38(24-19-34)43(2)40-27-22-33-14-7-8-15-36(33)30-40/h3-28,30-31H,29H2,1-2H3. The van der Waals surface area contributed by atoms with Crippen LogP contribution in [0, 0.1) is 0 Å². The SMILES string of the molecule is CN(c1ccc(-c2ccc(N(c3cccc(-c4ccccc4)c3)C3(C)C=CC=CC3)cc2)cc1)c1ccc2ccccc2c1. The van der Waals surface area contributed by atoms with Crippen molar-refractivity contribution in [2.75, 3.05) is 16.8 Å². The smallest absolute Gasteiger partial charge is 0.0642 e. The normalized spacial score (nSPS) is 15.8. The Morgan fingerprint density at radius 3 is 1.80 bits per heavy atom. The van der Waals surface area contributed by atoms with E-state index in [-0.39, 0.29) is 5.54 Å². The zero-order valence-corrected chi connectivity index (χ0v) is 25.3. The van der Waals surface area contributed by atoms with Gasteiger partial charge in [-0.1, -0.05) is 121 Å². The molecule has 0 bridgehead atoms. The summed E-state index contributed by atoms with van der Waals surface area (Å²) in [6.07, 6.45) is 9.83. The number of fused-ring (bicyclic) bond motifs is 1. The van der Waals surface area contributed by atoms with Crippen LogP contribution in [-0.4, -0.2) is 12.6 Å². The number of hydrogen-bond acceptors (Lipinski definition) is 2. The molecule has 2 heteroatoms. The van der Waals surface area contributed by atoms with E-state index in [0.29, 0.717) is 0 Å². The number of anilines is 4. The van der Waals surface area contributed by atoms with Gasteiger partial charge in [0.1, 0.15) is 0 Å². The molecule has 1 atom stereocenters. The Bertz CT molecular complexity index is 1950. The van der Waals surface area contributed by atoms with Crippen LogP contribution in [-0.2, 0) is 0 Å². The zero-order chi connectivity index (χ0) is 29.9. The second-order valence-corrected chi connectivity index (χ2v) is 11.8. The molecule has 2 nitrogen and oxygen atoms in total. The summed E-state index contributed by atoms with van der Waals surface area (Å²) in [4.78, 5) is 4.72. The van der Waals surface area contributed by atoms with Crippen molar-refractivity contribution in [1.82, 2.24) is 0 Å². The molecule has 0 heterocycles. The molecule has 6 aromatic carbocycles. The van der Waals surface area contributed by atoms with Gasteiger partial charge >= 0.3 is 0 Å². The fraction of sp³-hybridized carbons (Fsp3) is 0.0952. The van der Waals surface area contributed by atoms with Gasteiger partial charge in [-0.05, 0) is 94.9 Å². The van der Waals surface area contributed by atoms with Gasteiger partial charge in [-0.15, -0.1) is 0 Å². The average molecular weight is 569 g/mol. The van der Waals surface area contributed by atoms with E-state index in [1.54, 1.807) is 0 Å². The summed E-state index contributed by atoms with van der Waals surface area (Å²) in [5.74, 6) is 0. The van der Waals surface area contributed by atoms with Crippen molar-refractivity contribution in [2.24, 2.45) is 0 Å². The number of nitrogens with zero attached hydrogens (tertiary/aromatic N) is 2. The van der Waals surface area contributed by atoms with Crippen molar-refractivity contribution in [3.05, 3.63) is 170 Å². The lowest BCUT2D eigenvalue weighted by molar-refractivity contribution is 0.570. The molecule has 0 aliphatic heterocycles. The topological polar surface area (TPSA) is 6.48 Å². The largest absolute Gasteiger partial charge is 0.345 e. The number of hydrogen-bond donors (Lipinski definition) is 0. The monoisotopic (exact) mass is 568 g/mol. The summed E-state index contributed by atoms with van der Waals surface area (Å²) in [7, 11) is 2.13. The summed E-state index contributed by atoms with van der Waals surface area (Å²) < 4.78 is 0. The van der Waals surface area contributed by atoms with E-state index >= 15 is 0 Å². The highest BCUT2D eigenvalue weighted by Crippen LogP contribution is 2.40. The molecule has 0 saturated carbocycles. The van der Waals surface area contributed by atoms with E-state index in [1.165, 1.54) is 50.1 Å². The van der Waals surface area contributed by atoms with E-state index in [9.17, 15) is 0 Å². The minimum atomic E-state index is -0.180. The van der Waals surface area contributed by atoms with Crippen LogP contribution in [0.15, 0.2) is 170 Å². The first-order valence-electron chi connectivity index (χ1n) is 15.3. The van der Waals surface area contributed by atoms with Gasteiger partial charge in [0.2, 0.25) is 0 Å². The van der Waals surface area contributed by atoms with Crippen molar-refractivity contribution in [1.29, 1.82) is 0 Å². The Labute approximate surface area is 260 Å². The Kier molecular flexibility index (Phi) is 7.33. The van der Waals surface area contributed by atoms with Crippen LogP contribution in [0.5, 0.6) is 0 Å². The highest BCUT2D eigenvalue weighted by Gasteiger charge is 2.31. The van der Waals surface area contributed by atoms with Crippen LogP contribution in [0.25, 0.3) is 33.0 Å². The Morgan fingerprint density at radius 1 is 0.477 bits per heavy atom. The molecule has 214 valence electrons. The molecule has 0 spiro atoms. The molecule has 0 fully saturated rings. The second kappa shape index (κ2) is 11.7. The molecule has 7 rings (SSSR count). The van der Waals surface area contributed by atoms with Crippen molar-refractivity contribution in [3.63, 3.8) is 0 Å². The molecule has 1 unspecified atom stereocenters. The average Bonchev–Trinajstić information content (AvgIpc) is 3.09. The van der Waals surface area contributed by atoms with Crippen molar-refractivity contribution in [3.8, 4) is 22.3 Å². The Hall–Kier alpha value is -5.34. The fourth-order valence-corrected chi connectivity index (χ4v) is 6.29. The van der Waals surface area contributed by atoms with E-state index < -0.39 is 0 Å². The maximum Gasteiger partial charge on any atom is 0.0642 e. The Balaban J connectivity index is 1.17. The van der Waals surface area contributed by atoms with Crippen LogP contribution in [0.3, 0.4) is 0 Å². The maximum absolute atomic E-state index is 2.48. The van der Waals surface area contributed by atoms with Crippen LogP contribution < -0.4 is 9.80 Å². The molecule has 1 aliphatic rings. The van der Waals surface area contributed by atoms with Gasteiger partial charge in [0.05, 0.1) is 5.54 Å². The molecule has 0 radical (unpaired) electrons. The molecule has 0 saturated heterocycles. The van der Waals surface area contributed by atoms with E-state index in [1.807, 2.05) is 0 Å². The molecule has 0 N–H and O–H groups in total. The predicted molar refractivity (Wildman–Crippen MR) is 189 cm³/mol. The first kappa shape index (κ1) is 27.5. The van der Waals surface area contributed by atoms with E-state index in [0.717, 1.165) is 12.1 Å². The summed E-state index contributed by atoms with van der Waals surface area (Å²) in [5.41, 5.74) is 9.37. The molecular formula is C42H36N2. The molecule has 1 aliphatic carbocycles. The lowest BCUT2D eigenvalue weighted by atomic mass is 9.89. The minimum Gasteiger partial charge on any atom is -0.345 e. The van der Waals surface area contributed by atoms with Crippen molar-refractivity contribution >= 4 is 33.5 Å². The highest BCUT2D eigenvalue weighted by atomic mass is 15.2. The third kappa shape index (κ3) is 5.43. The van der Waals surface area contributed by atoms with Gasteiger partial charge in [0.15, 0.2) is 0 Å². The molecule has 0 amide bonds. The summed E-state index contributed by atoms with van der Waals surface area (Å²) >= 11 is 0. The van der Waals surface area contributed by atoms with E-state index in [4.69, 9.17) is 0 Å². The quantitative estimate of drug-likeness (QED) is 0.189. The zero-order valence-electron chi connectivity index (χ0n) is 25.3. The van der Waals surface area contributed by atoms with Gasteiger partial charge in [0, 0.05) is 29.8 Å². The second-order valence-electron chi connectivity index (χ2n) is 11.8. The number of rotatable bonds is 7. The van der Waals surface area contributed by atoms with Crippen LogP contribution in [0.1, 0.15) is 13.3 Å². The van der Waals surface area contributed by atoms with Gasteiger partial charge in [-0.2, -0.15) is 0 Å². The van der Waals surface area contributed by atoms with Gasteiger partial charge in [-0.3, -0.25) is 0 Å². The molecule has 44 heavy (non-hydrogen) atoms. The van der Waals surface area contributed by atoms with Crippen molar-refractivity contribution < 1.29 is 0 Å². The molecular weight excluding hydrogens is 532 g/mol. The summed E-state index contributed by atoms with van der Waals surface area (Å²) in [6.45, 7) is 2.32. The third-order valence-electron chi connectivity index (χ3n) is 8.79. The minimum absolute atomic E-state index is 0.180. The predicted octanol–water partition coefficient (Wildman–Crippen LogP) is 11.4. The number of allylic oxidation sites excluding steroid dienone is 2. The lowest BCUT2D eigenvalue weighted by Crippen LogP contribution is -2.42.